The maximum Gasteiger partial charge on any atom is 0.404 e. The molecule has 0 radical (unpaired) electrons. The molecule has 1 atom stereocenters. The number of rotatable bonds is 6. The second kappa shape index (κ2) is 7.64. The van der Waals surface area contributed by atoms with Gasteiger partial charge < -0.3 is 19.9 Å². The molecule has 0 spiro atoms. The zero-order valence-electron chi connectivity index (χ0n) is 14.2. The summed E-state index contributed by atoms with van der Waals surface area (Å²) in [6, 6.07) is 7.80. The highest BCUT2D eigenvalue weighted by Gasteiger charge is 2.57. The normalized spacial score (nSPS) is 21.2. The van der Waals surface area contributed by atoms with Crippen LogP contribution in [0.4, 0.5) is 13.6 Å². The number of benzene rings is 1. The quantitative estimate of drug-likeness (QED) is 0.783. The third-order valence-electron chi connectivity index (χ3n) is 4.08. The number of carbonyl (C=O) groups excluding carboxylic acids is 1. The number of methoxy groups -OCH3 is 2. The number of hydrogen-bond donors (Lipinski definition) is 1. The van der Waals surface area contributed by atoms with Crippen molar-refractivity contribution in [3.8, 4) is 6.07 Å². The van der Waals surface area contributed by atoms with Gasteiger partial charge in [-0.1, -0.05) is 36.4 Å². The molecule has 8 heteroatoms. The molecular weight excluding hydrogens is 346 g/mol. The molecule has 1 unspecified atom stereocenters. The Bertz CT molecular complexity index is 782. The van der Waals surface area contributed by atoms with E-state index in [-0.39, 0.29) is 11.1 Å². The number of primary amides is 1. The molecule has 0 saturated carbocycles. The number of allylic oxidation sites excluding steroid dienone is 3. The summed E-state index contributed by atoms with van der Waals surface area (Å²) in [5, 5.41) is 9.39. The predicted molar refractivity (Wildman–Crippen MR) is 88.8 cm³/mol. The van der Waals surface area contributed by atoms with Crippen LogP contribution in [0.3, 0.4) is 0 Å². The Morgan fingerprint density at radius 1 is 1.35 bits per heavy atom. The lowest BCUT2D eigenvalue weighted by molar-refractivity contribution is -0.106. The lowest BCUT2D eigenvalue weighted by Gasteiger charge is -2.35. The first-order valence-corrected chi connectivity index (χ1v) is 7.58. The summed E-state index contributed by atoms with van der Waals surface area (Å²) in [7, 11) is 2.86. The van der Waals surface area contributed by atoms with Gasteiger partial charge in [0, 0.05) is 25.4 Å². The van der Waals surface area contributed by atoms with Gasteiger partial charge in [0.1, 0.15) is 6.61 Å². The van der Waals surface area contributed by atoms with Crippen LogP contribution in [0.5, 0.6) is 0 Å². The second-order valence-electron chi connectivity index (χ2n) is 5.63. The third kappa shape index (κ3) is 3.45. The van der Waals surface area contributed by atoms with E-state index >= 15 is 8.78 Å². The minimum Gasteiger partial charge on any atom is -0.447 e. The molecule has 1 aromatic rings. The van der Waals surface area contributed by atoms with Crippen LogP contribution in [-0.4, -0.2) is 32.8 Å². The van der Waals surface area contributed by atoms with Crippen molar-refractivity contribution in [2.75, 3.05) is 20.8 Å². The Morgan fingerprint density at radius 3 is 2.62 bits per heavy atom. The topological polar surface area (TPSA) is 94.6 Å². The Kier molecular flexibility index (Phi) is 5.75. The molecule has 0 aliphatic heterocycles. The standard InChI is InChI=1S/C18H18F2N2O4/c1-24-15(25-2)13-6-3-5-12(9-13)14-7-4-8-17(10-21,18(14,19)20)11-26-16(22)23/h3-9,15H,11H2,1-2H3,(H2,22,23). The number of halogens is 2. The van der Waals surface area contributed by atoms with Crippen LogP contribution in [0.25, 0.3) is 5.57 Å². The van der Waals surface area contributed by atoms with E-state index in [1.807, 2.05) is 0 Å². The zero-order chi connectivity index (χ0) is 19.4. The van der Waals surface area contributed by atoms with Gasteiger partial charge in [0.05, 0.1) is 6.07 Å². The fourth-order valence-electron chi connectivity index (χ4n) is 2.72. The Morgan fingerprint density at radius 2 is 2.04 bits per heavy atom. The summed E-state index contributed by atoms with van der Waals surface area (Å²) in [5.41, 5.74) is 2.84. The Labute approximate surface area is 149 Å². The average Bonchev–Trinajstić information content (AvgIpc) is 2.62. The van der Waals surface area contributed by atoms with Gasteiger partial charge in [0.25, 0.3) is 5.92 Å². The van der Waals surface area contributed by atoms with E-state index in [1.54, 1.807) is 18.2 Å². The number of nitrogens with two attached hydrogens (primary N) is 1. The predicted octanol–water partition coefficient (Wildman–Crippen LogP) is 3.17. The third-order valence-corrected chi connectivity index (χ3v) is 4.08. The molecule has 0 saturated heterocycles. The van der Waals surface area contributed by atoms with Crippen LogP contribution in [0, 0.1) is 16.7 Å². The summed E-state index contributed by atoms with van der Waals surface area (Å²) < 4.78 is 45.2. The number of nitrogens with zero attached hydrogens (tertiary/aromatic N) is 1. The largest absolute Gasteiger partial charge is 0.447 e. The number of amides is 1. The van der Waals surface area contributed by atoms with Crippen molar-refractivity contribution in [2.45, 2.75) is 12.2 Å². The second-order valence-corrected chi connectivity index (χ2v) is 5.63. The summed E-state index contributed by atoms with van der Waals surface area (Å²) >= 11 is 0. The van der Waals surface area contributed by atoms with Gasteiger partial charge in [0.2, 0.25) is 0 Å². The molecule has 26 heavy (non-hydrogen) atoms. The van der Waals surface area contributed by atoms with Crippen LogP contribution >= 0.6 is 0 Å². The van der Waals surface area contributed by atoms with Crippen molar-refractivity contribution in [1.29, 1.82) is 5.26 Å². The number of ether oxygens (including phenoxy) is 3. The van der Waals surface area contributed by atoms with Gasteiger partial charge >= 0.3 is 6.09 Å². The van der Waals surface area contributed by atoms with E-state index in [4.69, 9.17) is 15.2 Å². The van der Waals surface area contributed by atoms with Crippen LogP contribution < -0.4 is 5.73 Å². The van der Waals surface area contributed by atoms with Gasteiger partial charge in [-0.25, -0.2) is 4.79 Å². The summed E-state index contributed by atoms with van der Waals surface area (Å²) in [4.78, 5) is 10.8. The fourth-order valence-corrected chi connectivity index (χ4v) is 2.72. The molecular formula is C18H18F2N2O4. The van der Waals surface area contributed by atoms with E-state index < -0.39 is 30.3 Å². The minimum atomic E-state index is -3.62. The first-order valence-electron chi connectivity index (χ1n) is 7.58. The van der Waals surface area contributed by atoms with Crippen LogP contribution in [0.15, 0.2) is 42.5 Å². The molecule has 1 aromatic carbocycles. The maximum absolute atomic E-state index is 15.2. The van der Waals surface area contributed by atoms with Crippen molar-refractivity contribution >= 4 is 11.7 Å². The molecule has 2 rings (SSSR count). The van der Waals surface area contributed by atoms with E-state index in [0.29, 0.717) is 5.56 Å². The van der Waals surface area contributed by atoms with E-state index in [1.165, 1.54) is 38.5 Å². The molecule has 0 aromatic heterocycles. The van der Waals surface area contributed by atoms with Crippen molar-refractivity contribution in [3.63, 3.8) is 0 Å². The van der Waals surface area contributed by atoms with Crippen LogP contribution in [0.1, 0.15) is 17.4 Å². The van der Waals surface area contributed by atoms with Crippen molar-refractivity contribution < 1.29 is 27.8 Å². The molecule has 0 heterocycles. The highest BCUT2D eigenvalue weighted by Crippen LogP contribution is 2.49. The number of hydrogen-bond acceptors (Lipinski definition) is 5. The van der Waals surface area contributed by atoms with Gasteiger partial charge in [0.15, 0.2) is 11.7 Å². The smallest absolute Gasteiger partial charge is 0.404 e. The Hall–Kier alpha value is -2.76. The Balaban J connectivity index is 2.46. The van der Waals surface area contributed by atoms with Gasteiger partial charge in [-0.05, 0) is 11.6 Å². The lowest BCUT2D eigenvalue weighted by Crippen LogP contribution is -2.45. The van der Waals surface area contributed by atoms with E-state index in [9.17, 15) is 10.1 Å². The van der Waals surface area contributed by atoms with Gasteiger partial charge in [-0.2, -0.15) is 14.0 Å². The molecule has 6 nitrogen and oxygen atoms in total. The monoisotopic (exact) mass is 364 g/mol. The van der Waals surface area contributed by atoms with E-state index in [0.717, 1.165) is 6.08 Å². The van der Waals surface area contributed by atoms with Crippen LogP contribution in [-0.2, 0) is 14.2 Å². The van der Waals surface area contributed by atoms with Crippen molar-refractivity contribution in [3.05, 3.63) is 53.6 Å². The van der Waals surface area contributed by atoms with Gasteiger partial charge in [-0.3, -0.25) is 0 Å². The first kappa shape index (κ1) is 19.6. The number of nitriles is 1. The number of alkyl halides is 2. The summed E-state index contributed by atoms with van der Waals surface area (Å²) in [6.07, 6.45) is 1.60. The molecule has 0 fully saturated rings. The first-order chi connectivity index (χ1) is 12.3. The lowest BCUT2D eigenvalue weighted by atomic mass is 9.74. The minimum absolute atomic E-state index is 0.189. The summed E-state index contributed by atoms with van der Waals surface area (Å²) in [6.45, 7) is -0.863. The van der Waals surface area contributed by atoms with Crippen molar-refractivity contribution in [1.82, 2.24) is 0 Å². The fraction of sp³-hybridized carbons (Fsp3) is 0.333. The average molecular weight is 364 g/mol. The molecule has 1 amide bonds. The molecule has 0 bridgehead atoms. The van der Waals surface area contributed by atoms with Gasteiger partial charge in [-0.15, -0.1) is 0 Å². The highest BCUT2D eigenvalue weighted by molar-refractivity contribution is 5.76. The molecule has 1 aliphatic rings. The molecule has 1 aliphatic carbocycles. The maximum atomic E-state index is 15.2. The highest BCUT2D eigenvalue weighted by atomic mass is 19.3. The van der Waals surface area contributed by atoms with E-state index in [2.05, 4.69) is 4.74 Å². The SMILES string of the molecule is COC(OC)c1cccc(C2=CC=CC(C#N)(COC(N)=O)C2(F)F)c1. The zero-order valence-corrected chi connectivity index (χ0v) is 14.2. The number of carbonyl (C=O) groups is 1. The molecule has 138 valence electrons. The van der Waals surface area contributed by atoms with Crippen molar-refractivity contribution in [2.24, 2.45) is 11.1 Å². The molecule has 2 N–H and O–H groups in total. The summed E-state index contributed by atoms with van der Waals surface area (Å²) in [5.74, 6) is -3.62. The van der Waals surface area contributed by atoms with Crippen LogP contribution in [0.2, 0.25) is 0 Å².